The van der Waals surface area contributed by atoms with E-state index >= 15 is 0 Å². The molecule has 158 valence electrons. The lowest BCUT2D eigenvalue weighted by Gasteiger charge is -2.13. The summed E-state index contributed by atoms with van der Waals surface area (Å²) in [5.74, 6) is 0.481. The van der Waals surface area contributed by atoms with Gasteiger partial charge in [0.2, 0.25) is 11.5 Å². The van der Waals surface area contributed by atoms with Crippen LogP contribution in [0.5, 0.6) is 5.75 Å². The zero-order valence-corrected chi connectivity index (χ0v) is 16.9. The molecule has 3 rings (SSSR count). The Kier molecular flexibility index (Phi) is 6.37. The van der Waals surface area contributed by atoms with Gasteiger partial charge in [0.05, 0.1) is 23.7 Å². The number of aryl methyl sites for hydroxylation is 1. The number of hydrogen-bond acceptors (Lipinski definition) is 5. The zero-order chi connectivity index (χ0) is 21.9. The Balaban J connectivity index is 2.17. The van der Waals surface area contributed by atoms with Crippen LogP contribution in [0.4, 0.5) is 18.9 Å². The molecule has 3 aromatic rings. The van der Waals surface area contributed by atoms with Gasteiger partial charge in [-0.2, -0.15) is 26.8 Å². The molecule has 30 heavy (non-hydrogen) atoms. The van der Waals surface area contributed by atoms with Crippen LogP contribution in [0.3, 0.4) is 0 Å². The monoisotopic (exact) mass is 437 g/mol. The molecule has 0 unspecified atom stereocenters. The van der Waals surface area contributed by atoms with Crippen molar-refractivity contribution in [3.05, 3.63) is 59.3 Å². The number of hydrogen-bond donors (Lipinski definition) is 1. The summed E-state index contributed by atoms with van der Waals surface area (Å²) in [4.78, 5) is 0. The average Bonchev–Trinajstić information content (AvgIpc) is 3.15. The third-order valence-corrected chi connectivity index (χ3v) is 4.73. The fourth-order valence-corrected chi connectivity index (χ4v) is 3.38. The molecule has 0 aliphatic carbocycles. The standard InChI is InChI=1S/C20H18F3N3O3S/c1-12-3-8-16(13(2)19(12)25-30-28)26-17(11-18(24-26)20(21,22)23)14-4-6-15(7-5-14)29-10-9-27/h3-8,11,27H,9-10H2,1-2H3. The van der Waals surface area contributed by atoms with Crippen LogP contribution in [0.25, 0.3) is 16.9 Å². The summed E-state index contributed by atoms with van der Waals surface area (Å²) in [5.41, 5.74) is 1.76. The Morgan fingerprint density at radius 3 is 2.47 bits per heavy atom. The van der Waals surface area contributed by atoms with E-state index in [4.69, 9.17) is 9.84 Å². The Morgan fingerprint density at radius 1 is 1.17 bits per heavy atom. The molecule has 0 spiro atoms. The third kappa shape index (κ3) is 4.44. The molecular formula is C20H18F3N3O3S. The van der Waals surface area contributed by atoms with Gasteiger partial charge in [-0.15, -0.1) is 0 Å². The van der Waals surface area contributed by atoms with E-state index < -0.39 is 11.9 Å². The van der Waals surface area contributed by atoms with Crippen molar-refractivity contribution in [1.29, 1.82) is 0 Å². The second-order valence-electron chi connectivity index (χ2n) is 6.46. The van der Waals surface area contributed by atoms with Gasteiger partial charge in [-0.1, -0.05) is 6.07 Å². The van der Waals surface area contributed by atoms with Crippen molar-refractivity contribution in [3.8, 4) is 22.7 Å². The molecule has 0 radical (unpaired) electrons. The van der Waals surface area contributed by atoms with Gasteiger partial charge in [-0.25, -0.2) is 4.68 Å². The molecule has 0 saturated carbocycles. The van der Waals surface area contributed by atoms with Crippen LogP contribution in [0.1, 0.15) is 16.8 Å². The summed E-state index contributed by atoms with van der Waals surface area (Å²) < 4.78 is 61.5. The highest BCUT2D eigenvalue weighted by Gasteiger charge is 2.35. The first kappa shape index (κ1) is 21.7. The summed E-state index contributed by atoms with van der Waals surface area (Å²) in [6, 6.07) is 10.7. The smallest absolute Gasteiger partial charge is 0.435 e. The van der Waals surface area contributed by atoms with Crippen LogP contribution in [-0.4, -0.2) is 32.3 Å². The summed E-state index contributed by atoms with van der Waals surface area (Å²) in [5, 5.41) is 12.6. The number of aliphatic hydroxyl groups excluding tert-OH is 1. The number of aliphatic hydroxyl groups is 1. The second-order valence-corrected chi connectivity index (χ2v) is 6.79. The minimum atomic E-state index is -4.62. The third-order valence-electron chi connectivity index (χ3n) is 4.47. The van der Waals surface area contributed by atoms with Crippen LogP contribution in [0.2, 0.25) is 0 Å². The quantitative estimate of drug-likeness (QED) is 0.613. The van der Waals surface area contributed by atoms with E-state index in [0.29, 0.717) is 28.3 Å². The van der Waals surface area contributed by atoms with E-state index in [1.54, 1.807) is 50.2 Å². The highest BCUT2D eigenvalue weighted by Crippen LogP contribution is 2.36. The van der Waals surface area contributed by atoms with Crippen molar-refractivity contribution in [2.75, 3.05) is 13.2 Å². The fraction of sp³-hybridized carbons (Fsp3) is 0.250. The normalized spacial score (nSPS) is 11.4. The predicted octanol–water partition coefficient (Wildman–Crippen LogP) is 4.57. The van der Waals surface area contributed by atoms with Crippen LogP contribution < -0.4 is 4.74 Å². The molecule has 0 aliphatic rings. The molecular weight excluding hydrogens is 419 g/mol. The van der Waals surface area contributed by atoms with Gasteiger partial charge in [-0.05, 0) is 55.8 Å². The first-order chi connectivity index (χ1) is 14.3. The number of halogens is 3. The van der Waals surface area contributed by atoms with Gasteiger partial charge >= 0.3 is 6.18 Å². The van der Waals surface area contributed by atoms with Crippen molar-refractivity contribution < 1.29 is 27.2 Å². The summed E-state index contributed by atoms with van der Waals surface area (Å²) in [6.07, 6.45) is -4.62. The Bertz CT molecular complexity index is 1100. The molecule has 1 aromatic heterocycles. The molecule has 0 aliphatic heterocycles. The van der Waals surface area contributed by atoms with Gasteiger partial charge in [0.15, 0.2) is 5.69 Å². The van der Waals surface area contributed by atoms with Crippen LogP contribution in [0, 0.1) is 13.8 Å². The molecule has 1 heterocycles. The lowest BCUT2D eigenvalue weighted by molar-refractivity contribution is -0.141. The van der Waals surface area contributed by atoms with E-state index in [9.17, 15) is 17.4 Å². The zero-order valence-electron chi connectivity index (χ0n) is 16.1. The molecule has 0 fully saturated rings. The van der Waals surface area contributed by atoms with Gasteiger partial charge in [0, 0.05) is 11.1 Å². The highest BCUT2D eigenvalue weighted by atomic mass is 32.1. The molecule has 0 amide bonds. The SMILES string of the molecule is Cc1ccc(-n2nc(C(F)(F)F)cc2-c2ccc(OCCO)cc2)c(C)c1N=S=O. The minimum Gasteiger partial charge on any atom is -0.491 e. The topological polar surface area (TPSA) is 76.7 Å². The van der Waals surface area contributed by atoms with Crippen molar-refractivity contribution in [1.82, 2.24) is 9.78 Å². The number of alkyl halides is 3. The Hall–Kier alpha value is -2.98. The van der Waals surface area contributed by atoms with Crippen LogP contribution in [-0.2, 0) is 17.6 Å². The number of nitrogens with zero attached hydrogens (tertiary/aromatic N) is 3. The average molecular weight is 437 g/mol. The van der Waals surface area contributed by atoms with Crippen LogP contribution in [0.15, 0.2) is 46.8 Å². The molecule has 10 heteroatoms. The fourth-order valence-electron chi connectivity index (χ4n) is 3.03. The van der Waals surface area contributed by atoms with E-state index in [1.807, 2.05) is 0 Å². The van der Waals surface area contributed by atoms with E-state index in [-0.39, 0.29) is 30.4 Å². The van der Waals surface area contributed by atoms with Crippen LogP contribution >= 0.6 is 0 Å². The lowest BCUT2D eigenvalue weighted by atomic mass is 10.1. The van der Waals surface area contributed by atoms with E-state index in [2.05, 4.69) is 9.46 Å². The largest absolute Gasteiger partial charge is 0.491 e. The number of ether oxygens (including phenoxy) is 1. The number of aromatic nitrogens is 2. The van der Waals surface area contributed by atoms with Crippen molar-refractivity contribution in [2.24, 2.45) is 4.36 Å². The number of benzene rings is 2. The molecule has 0 bridgehead atoms. The van der Waals surface area contributed by atoms with Gasteiger partial charge in [0.1, 0.15) is 12.4 Å². The number of rotatable bonds is 6. The van der Waals surface area contributed by atoms with Gasteiger partial charge in [0.25, 0.3) is 0 Å². The van der Waals surface area contributed by atoms with Gasteiger partial charge in [-0.3, -0.25) is 0 Å². The summed E-state index contributed by atoms with van der Waals surface area (Å²) in [7, 11) is 0. The van der Waals surface area contributed by atoms with Crippen molar-refractivity contribution >= 4 is 17.2 Å². The maximum Gasteiger partial charge on any atom is 0.435 e. The maximum absolute atomic E-state index is 13.4. The summed E-state index contributed by atoms with van der Waals surface area (Å²) >= 11 is 0.0387. The Morgan fingerprint density at radius 2 is 1.87 bits per heavy atom. The maximum atomic E-state index is 13.4. The van der Waals surface area contributed by atoms with E-state index in [1.165, 1.54) is 4.68 Å². The Labute approximate surface area is 174 Å². The van der Waals surface area contributed by atoms with Crippen molar-refractivity contribution in [2.45, 2.75) is 20.0 Å². The molecule has 0 atom stereocenters. The first-order valence-electron chi connectivity index (χ1n) is 8.88. The van der Waals surface area contributed by atoms with Crippen molar-refractivity contribution in [3.63, 3.8) is 0 Å². The minimum absolute atomic E-state index is 0.0387. The molecule has 0 saturated heterocycles. The predicted molar refractivity (Wildman–Crippen MR) is 106 cm³/mol. The van der Waals surface area contributed by atoms with E-state index in [0.717, 1.165) is 11.6 Å². The lowest BCUT2D eigenvalue weighted by Crippen LogP contribution is -2.08. The molecule has 6 nitrogen and oxygen atoms in total. The van der Waals surface area contributed by atoms with Gasteiger partial charge < -0.3 is 9.84 Å². The molecule has 1 N–H and O–H groups in total. The molecule has 2 aromatic carbocycles. The summed E-state index contributed by atoms with van der Waals surface area (Å²) in [6.45, 7) is 3.41. The highest BCUT2D eigenvalue weighted by molar-refractivity contribution is 7.54. The second kappa shape index (κ2) is 8.80. The first-order valence-corrected chi connectivity index (χ1v) is 9.58.